The molecule has 0 spiro atoms. The summed E-state index contributed by atoms with van der Waals surface area (Å²) in [5, 5.41) is 9.00. The number of ether oxygens (including phenoxy) is 1. The van der Waals surface area contributed by atoms with E-state index in [4.69, 9.17) is 14.3 Å². The third kappa shape index (κ3) is 4.72. The molecule has 2 aromatic carbocycles. The predicted molar refractivity (Wildman–Crippen MR) is 107 cm³/mol. The van der Waals surface area contributed by atoms with Crippen molar-refractivity contribution < 1.29 is 19.1 Å². The zero-order valence-electron chi connectivity index (χ0n) is 16.1. The van der Waals surface area contributed by atoms with E-state index in [1.807, 2.05) is 36.4 Å². The first kappa shape index (κ1) is 19.4. The minimum absolute atomic E-state index is 0.0206. The van der Waals surface area contributed by atoms with Gasteiger partial charge in [0.05, 0.1) is 17.8 Å². The Morgan fingerprint density at radius 3 is 2.55 bits per heavy atom. The molecule has 1 N–H and O–H groups in total. The van der Waals surface area contributed by atoms with Gasteiger partial charge in [0.25, 0.3) is 0 Å². The lowest BCUT2D eigenvalue weighted by molar-refractivity contribution is 0.0492. The van der Waals surface area contributed by atoms with Crippen LogP contribution < -0.4 is 0 Å². The molecule has 3 atom stereocenters. The Kier molecular flexibility index (Phi) is 6.03. The van der Waals surface area contributed by atoms with Gasteiger partial charge in [-0.05, 0) is 24.1 Å². The Bertz CT molecular complexity index is 926. The lowest BCUT2D eigenvalue weighted by atomic mass is 10.2. The smallest absolute Gasteiger partial charge is 0.338 e. The van der Waals surface area contributed by atoms with Crippen LogP contribution in [0.4, 0.5) is 0 Å². The molecule has 1 aromatic heterocycles. The van der Waals surface area contributed by atoms with Crippen LogP contribution in [-0.4, -0.2) is 40.2 Å². The van der Waals surface area contributed by atoms with E-state index >= 15 is 0 Å². The normalized spacial score (nSPS) is 20.4. The fourth-order valence-corrected chi connectivity index (χ4v) is 3.48. The van der Waals surface area contributed by atoms with Crippen molar-refractivity contribution in [3.8, 4) is 0 Å². The minimum atomic E-state index is -0.327. The molecular formula is C23H24N2O4. The number of benzene rings is 2. The Labute approximate surface area is 169 Å². The van der Waals surface area contributed by atoms with Crippen molar-refractivity contribution in [3.05, 3.63) is 89.6 Å². The second-order valence-corrected chi connectivity index (χ2v) is 7.13. The van der Waals surface area contributed by atoms with Gasteiger partial charge in [-0.15, -0.1) is 0 Å². The topological polar surface area (TPSA) is 75.6 Å². The van der Waals surface area contributed by atoms with Crippen molar-refractivity contribution in [1.82, 2.24) is 9.88 Å². The van der Waals surface area contributed by atoms with E-state index in [9.17, 15) is 4.79 Å². The zero-order valence-corrected chi connectivity index (χ0v) is 16.1. The first-order valence-electron chi connectivity index (χ1n) is 9.83. The summed E-state index contributed by atoms with van der Waals surface area (Å²) in [6.07, 6.45) is 3.02. The number of nitrogens with zero attached hydrogens (tertiary/aromatic N) is 2. The maximum Gasteiger partial charge on any atom is 0.338 e. The molecule has 2 heterocycles. The summed E-state index contributed by atoms with van der Waals surface area (Å²) in [6.45, 7) is 1.13. The van der Waals surface area contributed by atoms with Gasteiger partial charge in [-0.1, -0.05) is 48.5 Å². The van der Waals surface area contributed by atoms with E-state index in [2.05, 4.69) is 22.0 Å². The molecule has 1 unspecified atom stereocenters. The number of hydrogen-bond acceptors (Lipinski definition) is 6. The highest BCUT2D eigenvalue weighted by Crippen LogP contribution is 2.44. The molecule has 6 heteroatoms. The van der Waals surface area contributed by atoms with Gasteiger partial charge in [0.2, 0.25) is 5.89 Å². The van der Waals surface area contributed by atoms with Gasteiger partial charge in [-0.3, -0.25) is 4.90 Å². The highest BCUT2D eigenvalue weighted by molar-refractivity contribution is 5.89. The molecule has 0 bridgehead atoms. The van der Waals surface area contributed by atoms with Crippen molar-refractivity contribution in [1.29, 1.82) is 0 Å². The van der Waals surface area contributed by atoms with E-state index in [1.54, 1.807) is 18.3 Å². The van der Waals surface area contributed by atoms with Crippen molar-refractivity contribution in [2.75, 3.05) is 13.2 Å². The van der Waals surface area contributed by atoms with Crippen LogP contribution >= 0.6 is 0 Å². The van der Waals surface area contributed by atoms with Crippen molar-refractivity contribution in [2.45, 2.75) is 31.5 Å². The van der Waals surface area contributed by atoms with Crippen molar-refractivity contribution in [2.24, 2.45) is 0 Å². The monoisotopic (exact) mass is 392 g/mol. The van der Waals surface area contributed by atoms with Crippen LogP contribution in [0.5, 0.6) is 0 Å². The van der Waals surface area contributed by atoms with Gasteiger partial charge in [-0.25, -0.2) is 9.78 Å². The fourth-order valence-electron chi connectivity index (χ4n) is 3.48. The van der Waals surface area contributed by atoms with E-state index in [1.165, 1.54) is 5.56 Å². The molecule has 0 radical (unpaired) electrons. The number of aryl methyl sites for hydroxylation is 1. The summed E-state index contributed by atoms with van der Waals surface area (Å²) in [6, 6.07) is 19.1. The third-order valence-electron chi connectivity index (χ3n) is 5.07. The Morgan fingerprint density at radius 1 is 1.10 bits per heavy atom. The molecule has 29 heavy (non-hydrogen) atoms. The molecule has 4 rings (SSSR count). The number of rotatable bonds is 9. The summed E-state index contributed by atoms with van der Waals surface area (Å²) in [4.78, 5) is 18.9. The number of aliphatic hydroxyl groups excluding tert-OH is 1. The molecule has 6 nitrogen and oxygen atoms in total. The lowest BCUT2D eigenvalue weighted by Crippen LogP contribution is -2.13. The Hall–Kier alpha value is -2.96. The first-order valence-corrected chi connectivity index (χ1v) is 9.83. The van der Waals surface area contributed by atoms with Crippen LogP contribution in [0.15, 0.2) is 71.3 Å². The van der Waals surface area contributed by atoms with Crippen LogP contribution in [0.25, 0.3) is 0 Å². The standard InChI is InChI=1S/C23H24N2O4/c26-13-7-12-19-14-24-22(29-19)21-20(25(21)15-17-8-3-1-4-9-17)16-28-23(27)18-10-5-2-6-11-18/h1-6,8-11,14,20-21,26H,7,12-13,15-16H2/t20-,21-,25?/m0/s1. The van der Waals surface area contributed by atoms with Crippen LogP contribution in [-0.2, 0) is 17.7 Å². The number of aromatic nitrogens is 1. The number of carbonyl (C=O) groups excluding carboxylic acids is 1. The van der Waals surface area contributed by atoms with Gasteiger partial charge < -0.3 is 14.3 Å². The van der Waals surface area contributed by atoms with Crippen LogP contribution in [0, 0.1) is 0 Å². The Morgan fingerprint density at radius 2 is 1.83 bits per heavy atom. The minimum Gasteiger partial charge on any atom is -0.460 e. The molecule has 0 amide bonds. The first-order chi connectivity index (χ1) is 14.3. The number of carbonyl (C=O) groups is 1. The summed E-state index contributed by atoms with van der Waals surface area (Å²) in [5.74, 6) is 1.07. The fraction of sp³-hybridized carbons (Fsp3) is 0.304. The average molecular weight is 392 g/mol. The van der Waals surface area contributed by atoms with E-state index in [0.717, 1.165) is 12.3 Å². The summed E-state index contributed by atoms with van der Waals surface area (Å²) in [7, 11) is 0. The van der Waals surface area contributed by atoms with Gasteiger partial charge in [0.15, 0.2) is 0 Å². The van der Waals surface area contributed by atoms with Crippen molar-refractivity contribution >= 4 is 5.97 Å². The molecule has 3 aromatic rings. The number of esters is 1. The molecule has 1 aliphatic rings. The molecule has 0 aliphatic carbocycles. The summed E-state index contributed by atoms with van der Waals surface area (Å²) in [5.41, 5.74) is 1.73. The number of aliphatic hydroxyl groups is 1. The molecule has 0 saturated carbocycles. The third-order valence-corrected chi connectivity index (χ3v) is 5.07. The van der Waals surface area contributed by atoms with Crippen LogP contribution in [0.1, 0.15) is 40.0 Å². The van der Waals surface area contributed by atoms with Gasteiger partial charge in [0, 0.05) is 19.6 Å². The van der Waals surface area contributed by atoms with E-state index in [-0.39, 0.29) is 31.3 Å². The number of hydrogen-bond donors (Lipinski definition) is 1. The van der Waals surface area contributed by atoms with Crippen molar-refractivity contribution in [3.63, 3.8) is 0 Å². The van der Waals surface area contributed by atoms with Gasteiger partial charge in [0.1, 0.15) is 18.4 Å². The molecule has 1 saturated heterocycles. The second kappa shape index (κ2) is 9.03. The summed E-state index contributed by atoms with van der Waals surface area (Å²) >= 11 is 0. The maximum absolute atomic E-state index is 12.3. The molecule has 150 valence electrons. The van der Waals surface area contributed by atoms with Crippen LogP contribution in [0.2, 0.25) is 0 Å². The van der Waals surface area contributed by atoms with Crippen LogP contribution in [0.3, 0.4) is 0 Å². The van der Waals surface area contributed by atoms with Gasteiger partial charge in [-0.2, -0.15) is 0 Å². The average Bonchev–Trinajstić information content (AvgIpc) is 3.23. The van der Waals surface area contributed by atoms with E-state index < -0.39 is 0 Å². The number of oxazole rings is 1. The highest BCUT2D eigenvalue weighted by Gasteiger charge is 2.52. The summed E-state index contributed by atoms with van der Waals surface area (Å²) < 4.78 is 11.5. The van der Waals surface area contributed by atoms with E-state index in [0.29, 0.717) is 24.3 Å². The largest absolute Gasteiger partial charge is 0.460 e. The SMILES string of the molecule is O=C(OC[C@H]1[C@@H](c2ncc(CCCO)o2)N1Cc1ccccc1)c1ccccc1. The predicted octanol–water partition coefficient (Wildman–Crippen LogP) is 3.38. The lowest BCUT2D eigenvalue weighted by Gasteiger charge is -2.05. The quantitative estimate of drug-likeness (QED) is 0.444. The molecule has 1 fully saturated rings. The second-order valence-electron chi connectivity index (χ2n) is 7.13. The maximum atomic E-state index is 12.3. The Balaban J connectivity index is 1.44. The van der Waals surface area contributed by atoms with Gasteiger partial charge >= 0.3 is 5.97 Å². The molecular weight excluding hydrogens is 368 g/mol. The zero-order chi connectivity index (χ0) is 20.1. The molecule has 1 aliphatic heterocycles. The highest BCUT2D eigenvalue weighted by atomic mass is 16.5.